The van der Waals surface area contributed by atoms with Crippen molar-refractivity contribution in [3.8, 4) is 0 Å². The van der Waals surface area contributed by atoms with Crippen LogP contribution >= 0.6 is 11.8 Å². The zero-order valence-electron chi connectivity index (χ0n) is 16.1. The maximum absolute atomic E-state index is 11.4. The van der Waals surface area contributed by atoms with Crippen LogP contribution < -0.4 is 0 Å². The van der Waals surface area contributed by atoms with Crippen molar-refractivity contribution in [1.82, 2.24) is 5.06 Å². The molecule has 2 heterocycles. The fourth-order valence-corrected chi connectivity index (χ4v) is 5.98. The predicted molar refractivity (Wildman–Crippen MR) is 103 cm³/mol. The molecule has 4 atom stereocenters. The van der Waals surface area contributed by atoms with Crippen molar-refractivity contribution < 1.29 is 19.5 Å². The van der Waals surface area contributed by atoms with Crippen molar-refractivity contribution in [3.63, 3.8) is 0 Å². The number of ether oxygens (including phenoxy) is 2. The van der Waals surface area contributed by atoms with E-state index in [0.29, 0.717) is 41.6 Å². The molecule has 3 aliphatic rings. The van der Waals surface area contributed by atoms with Gasteiger partial charge in [-0.15, -0.1) is 0 Å². The van der Waals surface area contributed by atoms with Crippen LogP contribution in [0.4, 0.5) is 0 Å². The number of hydrogen-bond acceptors (Lipinski definition) is 5. The van der Waals surface area contributed by atoms with Gasteiger partial charge in [0.2, 0.25) is 5.91 Å². The molecule has 0 spiro atoms. The van der Waals surface area contributed by atoms with Gasteiger partial charge in [-0.3, -0.25) is 10.0 Å². The molecule has 26 heavy (non-hydrogen) atoms. The van der Waals surface area contributed by atoms with Crippen LogP contribution in [-0.4, -0.2) is 59.6 Å². The molecule has 6 heteroatoms. The van der Waals surface area contributed by atoms with E-state index in [1.54, 1.807) is 0 Å². The van der Waals surface area contributed by atoms with Gasteiger partial charge in [0.25, 0.3) is 0 Å². The zero-order valence-corrected chi connectivity index (χ0v) is 16.9. The van der Waals surface area contributed by atoms with Crippen LogP contribution in [-0.2, 0) is 14.3 Å². The standard InChI is InChI=1S/C20H35NO4S/c1-21(23)20(22)9-5-6-12-26-14-17-16(18-10-11-19(17)25-18)13-24-15-7-3-2-4-8-15/h15-19,23H,2-14H2,1H3. The number of thioether (sulfide) groups is 1. The average Bonchev–Trinajstić information content (AvgIpc) is 3.25. The lowest BCUT2D eigenvalue weighted by molar-refractivity contribution is -0.159. The summed E-state index contributed by atoms with van der Waals surface area (Å²) in [6.45, 7) is 0.883. The summed E-state index contributed by atoms with van der Waals surface area (Å²) < 4.78 is 12.5. The van der Waals surface area contributed by atoms with Gasteiger partial charge < -0.3 is 9.47 Å². The topological polar surface area (TPSA) is 59.0 Å². The molecule has 1 N–H and O–H groups in total. The molecule has 1 amide bonds. The zero-order chi connectivity index (χ0) is 18.4. The predicted octanol–water partition coefficient (Wildman–Crippen LogP) is 3.88. The van der Waals surface area contributed by atoms with Crippen LogP contribution in [0.1, 0.15) is 64.2 Å². The van der Waals surface area contributed by atoms with E-state index in [1.807, 2.05) is 11.8 Å². The van der Waals surface area contributed by atoms with E-state index < -0.39 is 0 Å². The number of carbonyl (C=O) groups is 1. The highest BCUT2D eigenvalue weighted by Gasteiger charge is 2.48. The van der Waals surface area contributed by atoms with Gasteiger partial charge in [-0.1, -0.05) is 19.3 Å². The van der Waals surface area contributed by atoms with Gasteiger partial charge >= 0.3 is 0 Å². The number of rotatable bonds is 10. The van der Waals surface area contributed by atoms with Gasteiger partial charge in [-0.2, -0.15) is 11.8 Å². The first-order chi connectivity index (χ1) is 12.6. The summed E-state index contributed by atoms with van der Waals surface area (Å²) in [7, 11) is 1.39. The Morgan fingerprint density at radius 1 is 1.12 bits per heavy atom. The van der Waals surface area contributed by atoms with Crippen molar-refractivity contribution in [3.05, 3.63) is 0 Å². The molecule has 5 nitrogen and oxygen atoms in total. The number of fused-ring (bicyclic) bond motifs is 2. The number of unbranched alkanes of at least 4 members (excludes halogenated alkanes) is 1. The summed E-state index contributed by atoms with van der Waals surface area (Å²) in [4.78, 5) is 11.4. The number of carbonyl (C=O) groups excluding carboxylic acids is 1. The molecule has 0 aromatic rings. The van der Waals surface area contributed by atoms with Gasteiger partial charge in [-0.05, 0) is 50.0 Å². The largest absolute Gasteiger partial charge is 0.378 e. The van der Waals surface area contributed by atoms with Crippen LogP contribution in [0.3, 0.4) is 0 Å². The Bertz CT molecular complexity index is 442. The molecule has 1 saturated carbocycles. The molecule has 2 saturated heterocycles. The quantitative estimate of drug-likeness (QED) is 0.351. The Labute approximate surface area is 162 Å². The summed E-state index contributed by atoms with van der Waals surface area (Å²) in [5.74, 6) is 3.23. The number of hydroxylamine groups is 2. The summed E-state index contributed by atoms with van der Waals surface area (Å²) >= 11 is 1.99. The normalized spacial score (nSPS) is 31.5. The van der Waals surface area contributed by atoms with Crippen molar-refractivity contribution in [2.24, 2.45) is 11.8 Å². The van der Waals surface area contributed by atoms with Crippen LogP contribution in [0.15, 0.2) is 0 Å². The summed E-state index contributed by atoms with van der Waals surface area (Å²) in [5.41, 5.74) is 0. The minimum Gasteiger partial charge on any atom is -0.378 e. The lowest BCUT2D eigenvalue weighted by Gasteiger charge is -2.30. The second-order valence-corrected chi connectivity index (χ2v) is 9.31. The van der Waals surface area contributed by atoms with Crippen molar-refractivity contribution in [2.75, 3.05) is 25.2 Å². The second kappa shape index (κ2) is 10.3. The molecule has 3 fully saturated rings. The highest BCUT2D eigenvalue weighted by atomic mass is 32.2. The first-order valence-electron chi connectivity index (χ1n) is 10.5. The Hall–Kier alpha value is -0.300. The summed E-state index contributed by atoms with van der Waals surface area (Å²) in [6.07, 6.45) is 12.6. The Morgan fingerprint density at radius 3 is 2.58 bits per heavy atom. The maximum atomic E-state index is 11.4. The molecule has 0 aromatic carbocycles. The van der Waals surface area contributed by atoms with E-state index in [9.17, 15) is 4.79 Å². The van der Waals surface area contributed by atoms with Crippen LogP contribution in [0.2, 0.25) is 0 Å². The van der Waals surface area contributed by atoms with Gasteiger partial charge in [-0.25, -0.2) is 5.06 Å². The van der Waals surface area contributed by atoms with E-state index in [4.69, 9.17) is 14.7 Å². The average molecular weight is 386 g/mol. The lowest BCUT2D eigenvalue weighted by atomic mass is 9.81. The SMILES string of the molecule is CN(O)C(=O)CCCCSCC1C2CCC(O2)C1COC1CCCCC1. The van der Waals surface area contributed by atoms with E-state index in [1.165, 1.54) is 52.0 Å². The monoisotopic (exact) mass is 385 g/mol. The molecule has 0 radical (unpaired) electrons. The molecule has 0 aromatic heterocycles. The molecular weight excluding hydrogens is 350 g/mol. The third kappa shape index (κ3) is 5.60. The van der Waals surface area contributed by atoms with Gasteiger partial charge in [0.05, 0.1) is 24.9 Å². The molecular formula is C20H35NO4S. The molecule has 150 valence electrons. The minimum atomic E-state index is -0.198. The van der Waals surface area contributed by atoms with Gasteiger partial charge in [0.1, 0.15) is 0 Å². The number of nitrogens with zero attached hydrogens (tertiary/aromatic N) is 1. The van der Waals surface area contributed by atoms with Gasteiger partial charge in [0.15, 0.2) is 0 Å². The van der Waals surface area contributed by atoms with E-state index in [-0.39, 0.29) is 5.91 Å². The minimum absolute atomic E-state index is 0.198. The van der Waals surface area contributed by atoms with Crippen LogP contribution in [0, 0.1) is 11.8 Å². The van der Waals surface area contributed by atoms with Crippen LogP contribution in [0.5, 0.6) is 0 Å². The molecule has 2 aliphatic heterocycles. The van der Waals surface area contributed by atoms with E-state index in [0.717, 1.165) is 31.0 Å². The summed E-state index contributed by atoms with van der Waals surface area (Å²) in [6, 6.07) is 0. The number of amides is 1. The molecule has 4 unspecified atom stereocenters. The lowest BCUT2D eigenvalue weighted by Crippen LogP contribution is -2.34. The fourth-order valence-electron chi connectivity index (χ4n) is 4.67. The first-order valence-corrected chi connectivity index (χ1v) is 11.6. The highest BCUT2D eigenvalue weighted by Crippen LogP contribution is 2.45. The fraction of sp³-hybridized carbons (Fsp3) is 0.950. The third-order valence-electron chi connectivity index (χ3n) is 6.27. The van der Waals surface area contributed by atoms with E-state index in [2.05, 4.69) is 0 Å². The smallest absolute Gasteiger partial charge is 0.245 e. The van der Waals surface area contributed by atoms with Crippen LogP contribution in [0.25, 0.3) is 0 Å². The number of hydrogen-bond donors (Lipinski definition) is 1. The third-order valence-corrected chi connectivity index (χ3v) is 7.47. The summed E-state index contributed by atoms with van der Waals surface area (Å²) in [5, 5.41) is 9.75. The Kier molecular flexibility index (Phi) is 8.10. The molecule has 2 bridgehead atoms. The Balaban J connectivity index is 1.33. The highest BCUT2D eigenvalue weighted by molar-refractivity contribution is 7.99. The van der Waals surface area contributed by atoms with Crippen molar-refractivity contribution in [2.45, 2.75) is 82.5 Å². The van der Waals surface area contributed by atoms with E-state index >= 15 is 0 Å². The molecule has 3 rings (SSSR count). The van der Waals surface area contributed by atoms with Gasteiger partial charge in [0, 0.05) is 25.3 Å². The first kappa shape index (κ1) is 20.4. The Morgan fingerprint density at radius 2 is 1.85 bits per heavy atom. The van der Waals surface area contributed by atoms with Crippen molar-refractivity contribution >= 4 is 17.7 Å². The molecule has 1 aliphatic carbocycles. The van der Waals surface area contributed by atoms with Crippen molar-refractivity contribution in [1.29, 1.82) is 0 Å². The second-order valence-electron chi connectivity index (χ2n) is 8.16. The maximum Gasteiger partial charge on any atom is 0.245 e.